The van der Waals surface area contributed by atoms with Crippen molar-refractivity contribution in [1.82, 2.24) is 9.97 Å². The number of carbonyl (C=O) groups excluding carboxylic acids is 1. The molecule has 0 fully saturated rings. The standard InChI is InChI=1S/C28H23N5O3S/c1-35-36-37-24-9-10-26-25(18-24)27(13-16-30-26)32-20-7-5-19(6-8-20)28(34)33-23-4-2-3-22(17-23)31-21-11-14-29-15-12-21/h2-18H,1H3,(H,29,31)(H,30,32)(H,33,34). The highest BCUT2D eigenvalue weighted by atomic mass is 32.2. The Kier molecular flexibility index (Phi) is 7.56. The normalized spacial score (nSPS) is 10.7. The van der Waals surface area contributed by atoms with Crippen molar-refractivity contribution < 1.29 is 14.0 Å². The molecule has 0 saturated heterocycles. The minimum atomic E-state index is -0.193. The Hall–Kier alpha value is -4.44. The molecule has 0 aliphatic rings. The number of anilines is 5. The van der Waals surface area contributed by atoms with Gasteiger partial charge in [0.05, 0.1) is 24.7 Å². The largest absolute Gasteiger partial charge is 0.355 e. The topological polar surface area (TPSA) is 97.4 Å². The van der Waals surface area contributed by atoms with Crippen LogP contribution < -0.4 is 16.0 Å². The zero-order valence-electron chi connectivity index (χ0n) is 19.8. The second-order valence-corrected chi connectivity index (χ2v) is 8.73. The van der Waals surface area contributed by atoms with E-state index in [1.807, 2.05) is 72.8 Å². The van der Waals surface area contributed by atoms with Gasteiger partial charge in [0.15, 0.2) is 0 Å². The van der Waals surface area contributed by atoms with Crippen molar-refractivity contribution in [2.24, 2.45) is 0 Å². The minimum Gasteiger partial charge on any atom is -0.355 e. The summed E-state index contributed by atoms with van der Waals surface area (Å²) in [5.41, 5.74) is 5.61. The molecule has 2 heterocycles. The third-order valence-electron chi connectivity index (χ3n) is 5.43. The van der Waals surface area contributed by atoms with Gasteiger partial charge in [-0.2, -0.15) is 4.33 Å². The maximum atomic E-state index is 12.9. The van der Waals surface area contributed by atoms with Crippen LogP contribution in [0.2, 0.25) is 0 Å². The molecule has 5 aromatic rings. The van der Waals surface area contributed by atoms with Crippen LogP contribution in [0.1, 0.15) is 10.4 Å². The third-order valence-corrected chi connectivity index (χ3v) is 6.08. The first-order valence-corrected chi connectivity index (χ1v) is 12.1. The fourth-order valence-corrected chi connectivity index (χ4v) is 4.14. The molecule has 1 amide bonds. The van der Waals surface area contributed by atoms with Crippen LogP contribution in [0.25, 0.3) is 10.9 Å². The lowest BCUT2D eigenvalue weighted by atomic mass is 10.1. The lowest BCUT2D eigenvalue weighted by Gasteiger charge is -2.12. The lowest BCUT2D eigenvalue weighted by Crippen LogP contribution is -2.11. The maximum Gasteiger partial charge on any atom is 0.255 e. The van der Waals surface area contributed by atoms with E-state index in [4.69, 9.17) is 4.33 Å². The third kappa shape index (κ3) is 6.22. The van der Waals surface area contributed by atoms with Crippen LogP contribution in [0.4, 0.5) is 28.4 Å². The zero-order chi connectivity index (χ0) is 25.5. The number of amides is 1. The van der Waals surface area contributed by atoms with E-state index in [1.54, 1.807) is 30.7 Å². The quantitative estimate of drug-likeness (QED) is 0.112. The summed E-state index contributed by atoms with van der Waals surface area (Å²) in [6, 6.07) is 26.4. The van der Waals surface area contributed by atoms with Gasteiger partial charge in [0.1, 0.15) is 0 Å². The summed E-state index contributed by atoms with van der Waals surface area (Å²) >= 11 is 1.13. The molecule has 2 aromatic heterocycles. The predicted octanol–water partition coefficient (Wildman–Crippen LogP) is 6.95. The summed E-state index contributed by atoms with van der Waals surface area (Å²) in [5.74, 6) is -0.193. The highest BCUT2D eigenvalue weighted by Gasteiger charge is 2.09. The fraction of sp³-hybridized carbons (Fsp3) is 0.0357. The Bertz CT molecular complexity index is 1510. The van der Waals surface area contributed by atoms with Gasteiger partial charge in [0, 0.05) is 62.9 Å². The van der Waals surface area contributed by atoms with E-state index in [0.29, 0.717) is 11.3 Å². The van der Waals surface area contributed by atoms with Gasteiger partial charge < -0.3 is 16.0 Å². The van der Waals surface area contributed by atoms with Crippen LogP contribution >= 0.6 is 12.0 Å². The lowest BCUT2D eigenvalue weighted by molar-refractivity contribution is -0.160. The number of benzene rings is 3. The van der Waals surface area contributed by atoms with Gasteiger partial charge in [0.25, 0.3) is 5.91 Å². The molecule has 0 saturated carbocycles. The summed E-state index contributed by atoms with van der Waals surface area (Å²) in [7, 11) is 1.46. The van der Waals surface area contributed by atoms with E-state index in [0.717, 1.165) is 50.6 Å². The molecule has 0 radical (unpaired) electrons. The Balaban J connectivity index is 1.27. The number of pyridine rings is 2. The van der Waals surface area contributed by atoms with Crippen LogP contribution in [0.15, 0.2) is 108 Å². The highest BCUT2D eigenvalue weighted by molar-refractivity contribution is 7.94. The van der Waals surface area contributed by atoms with E-state index >= 15 is 0 Å². The molecule has 0 unspecified atom stereocenters. The molecule has 0 bridgehead atoms. The van der Waals surface area contributed by atoms with Gasteiger partial charge in [-0.25, -0.2) is 4.89 Å². The number of nitrogens with zero attached hydrogens (tertiary/aromatic N) is 2. The van der Waals surface area contributed by atoms with Gasteiger partial charge in [0.2, 0.25) is 0 Å². The molecule has 0 aliphatic carbocycles. The SMILES string of the molecule is COOSc1ccc2nccc(Nc3ccc(C(=O)Nc4cccc(Nc5ccncc5)c4)cc3)c2c1. The van der Waals surface area contributed by atoms with Crippen molar-refractivity contribution in [2.75, 3.05) is 23.1 Å². The van der Waals surface area contributed by atoms with Crippen LogP contribution in [0.3, 0.4) is 0 Å². The molecule has 0 aliphatic heterocycles. The summed E-state index contributed by atoms with van der Waals surface area (Å²) in [4.78, 5) is 26.9. The van der Waals surface area contributed by atoms with E-state index in [2.05, 4.69) is 30.8 Å². The average molecular weight is 510 g/mol. The molecule has 9 heteroatoms. The Morgan fingerprint density at radius 3 is 2.38 bits per heavy atom. The van der Waals surface area contributed by atoms with Gasteiger partial charge in [-0.05, 0) is 78.9 Å². The molecule has 3 N–H and O–H groups in total. The first-order valence-electron chi connectivity index (χ1n) is 11.4. The van der Waals surface area contributed by atoms with Crippen LogP contribution in [0, 0.1) is 0 Å². The number of rotatable bonds is 9. The number of aromatic nitrogens is 2. The number of hydrogen-bond donors (Lipinski definition) is 3. The van der Waals surface area contributed by atoms with E-state index < -0.39 is 0 Å². The van der Waals surface area contributed by atoms with E-state index in [-0.39, 0.29) is 5.91 Å². The molecule has 37 heavy (non-hydrogen) atoms. The average Bonchev–Trinajstić information content (AvgIpc) is 2.93. The molecule has 5 rings (SSSR count). The number of carbonyl (C=O) groups is 1. The summed E-state index contributed by atoms with van der Waals surface area (Å²) in [5, 5.41) is 10.6. The van der Waals surface area contributed by atoms with Crippen molar-refractivity contribution >= 4 is 57.3 Å². The van der Waals surface area contributed by atoms with Crippen LogP contribution in [0.5, 0.6) is 0 Å². The Morgan fingerprint density at radius 2 is 1.57 bits per heavy atom. The van der Waals surface area contributed by atoms with Crippen LogP contribution in [-0.2, 0) is 9.22 Å². The summed E-state index contributed by atoms with van der Waals surface area (Å²) in [6.07, 6.45) is 5.19. The monoisotopic (exact) mass is 509 g/mol. The van der Waals surface area contributed by atoms with Crippen LogP contribution in [-0.4, -0.2) is 23.0 Å². The first kappa shape index (κ1) is 24.3. The summed E-state index contributed by atoms with van der Waals surface area (Å²) in [6.45, 7) is 0. The van der Waals surface area contributed by atoms with Gasteiger partial charge >= 0.3 is 0 Å². The molecule has 0 atom stereocenters. The number of nitrogens with one attached hydrogen (secondary N) is 3. The van der Waals surface area contributed by atoms with Crippen molar-refractivity contribution in [3.8, 4) is 0 Å². The van der Waals surface area contributed by atoms with E-state index in [1.165, 1.54) is 7.11 Å². The second kappa shape index (κ2) is 11.5. The maximum absolute atomic E-state index is 12.9. The zero-order valence-corrected chi connectivity index (χ0v) is 20.7. The molecule has 0 spiro atoms. The number of hydrogen-bond acceptors (Lipinski definition) is 8. The fourth-order valence-electron chi connectivity index (χ4n) is 3.70. The van der Waals surface area contributed by atoms with Crippen molar-refractivity contribution in [1.29, 1.82) is 0 Å². The predicted molar refractivity (Wildman–Crippen MR) is 147 cm³/mol. The number of fused-ring (bicyclic) bond motifs is 1. The van der Waals surface area contributed by atoms with Crippen molar-refractivity contribution in [2.45, 2.75) is 4.90 Å². The molecular weight excluding hydrogens is 486 g/mol. The highest BCUT2D eigenvalue weighted by Crippen LogP contribution is 2.30. The van der Waals surface area contributed by atoms with E-state index in [9.17, 15) is 4.79 Å². The molecule has 184 valence electrons. The minimum absolute atomic E-state index is 0.193. The van der Waals surface area contributed by atoms with Gasteiger partial charge in [-0.1, -0.05) is 6.07 Å². The molecule has 3 aromatic carbocycles. The van der Waals surface area contributed by atoms with Crippen molar-refractivity contribution in [3.63, 3.8) is 0 Å². The van der Waals surface area contributed by atoms with Crippen molar-refractivity contribution in [3.05, 3.63) is 109 Å². The molecular formula is C28H23N5O3S. The van der Waals surface area contributed by atoms with Gasteiger partial charge in [-0.15, -0.1) is 0 Å². The first-order chi connectivity index (χ1) is 18.2. The smallest absolute Gasteiger partial charge is 0.255 e. The second-order valence-electron chi connectivity index (χ2n) is 7.95. The Morgan fingerprint density at radius 1 is 0.784 bits per heavy atom. The summed E-state index contributed by atoms with van der Waals surface area (Å²) < 4.78 is 4.97. The molecule has 8 nitrogen and oxygen atoms in total. The Labute approximate surface area is 218 Å². The van der Waals surface area contributed by atoms with Gasteiger partial charge in [-0.3, -0.25) is 14.8 Å².